The Morgan fingerprint density at radius 3 is 2.36 bits per heavy atom. The van der Waals surface area contributed by atoms with Crippen LogP contribution in [0.1, 0.15) is 22.8 Å². The highest BCUT2D eigenvalue weighted by molar-refractivity contribution is 5.94. The highest BCUT2D eigenvalue weighted by Crippen LogP contribution is 2.18. The lowest BCUT2D eigenvalue weighted by Gasteiger charge is -2.27. The molecule has 1 fully saturated rings. The Morgan fingerprint density at radius 1 is 1.12 bits per heavy atom. The molecule has 5 heteroatoms. The monoisotopic (exact) mass is 359 g/mol. The SMILES string of the molecule is CCN(Cc1ccccc1)c1ccc(C(=O)NCC2CNC2)cc1.Cl. The fourth-order valence-electron chi connectivity index (χ4n) is 2.84. The lowest BCUT2D eigenvalue weighted by atomic mass is 10.0. The van der Waals surface area contributed by atoms with Crippen LogP contribution in [0.4, 0.5) is 5.69 Å². The smallest absolute Gasteiger partial charge is 0.251 e. The van der Waals surface area contributed by atoms with Crippen LogP contribution < -0.4 is 15.5 Å². The maximum absolute atomic E-state index is 12.2. The molecular formula is C20H26ClN3O. The van der Waals surface area contributed by atoms with Gasteiger partial charge < -0.3 is 15.5 Å². The Labute approximate surface area is 156 Å². The van der Waals surface area contributed by atoms with Crippen molar-refractivity contribution < 1.29 is 4.79 Å². The predicted molar refractivity (Wildman–Crippen MR) is 106 cm³/mol. The zero-order valence-electron chi connectivity index (χ0n) is 14.6. The van der Waals surface area contributed by atoms with Gasteiger partial charge in [0.05, 0.1) is 0 Å². The first kappa shape index (κ1) is 19.3. The molecule has 1 amide bonds. The molecule has 0 aromatic heterocycles. The first-order chi connectivity index (χ1) is 11.8. The van der Waals surface area contributed by atoms with E-state index in [-0.39, 0.29) is 18.3 Å². The summed E-state index contributed by atoms with van der Waals surface area (Å²) in [6, 6.07) is 18.3. The van der Waals surface area contributed by atoms with E-state index in [2.05, 4.69) is 46.7 Å². The Hall–Kier alpha value is -2.04. The summed E-state index contributed by atoms with van der Waals surface area (Å²) in [5.74, 6) is 0.592. The van der Waals surface area contributed by atoms with Crippen molar-refractivity contribution in [1.82, 2.24) is 10.6 Å². The third-order valence-electron chi connectivity index (χ3n) is 4.51. The van der Waals surface area contributed by atoms with E-state index in [1.807, 2.05) is 30.3 Å². The zero-order valence-corrected chi connectivity index (χ0v) is 15.4. The van der Waals surface area contributed by atoms with Gasteiger partial charge in [0.15, 0.2) is 0 Å². The molecule has 1 saturated heterocycles. The molecule has 25 heavy (non-hydrogen) atoms. The van der Waals surface area contributed by atoms with Crippen molar-refractivity contribution in [2.75, 3.05) is 31.1 Å². The van der Waals surface area contributed by atoms with Crippen LogP contribution in [-0.2, 0) is 6.54 Å². The number of benzene rings is 2. The van der Waals surface area contributed by atoms with E-state index in [0.717, 1.165) is 44.0 Å². The molecule has 0 aliphatic carbocycles. The average molecular weight is 360 g/mol. The maximum Gasteiger partial charge on any atom is 0.251 e. The van der Waals surface area contributed by atoms with Gasteiger partial charge in [0, 0.05) is 49.9 Å². The molecule has 0 radical (unpaired) electrons. The summed E-state index contributed by atoms with van der Waals surface area (Å²) in [6.07, 6.45) is 0. The largest absolute Gasteiger partial charge is 0.367 e. The molecule has 2 N–H and O–H groups in total. The average Bonchev–Trinajstić information content (AvgIpc) is 2.59. The third kappa shape index (κ3) is 5.21. The number of rotatable bonds is 7. The van der Waals surface area contributed by atoms with E-state index in [4.69, 9.17) is 0 Å². The quantitative estimate of drug-likeness (QED) is 0.798. The second-order valence-corrected chi connectivity index (χ2v) is 6.28. The minimum absolute atomic E-state index is 0. The van der Waals surface area contributed by atoms with Crippen molar-refractivity contribution in [3.05, 3.63) is 65.7 Å². The summed E-state index contributed by atoms with van der Waals surface area (Å²) >= 11 is 0. The Balaban J connectivity index is 0.00000225. The van der Waals surface area contributed by atoms with Crippen LogP contribution in [0, 0.1) is 5.92 Å². The van der Waals surface area contributed by atoms with E-state index in [9.17, 15) is 4.79 Å². The van der Waals surface area contributed by atoms with E-state index >= 15 is 0 Å². The zero-order chi connectivity index (χ0) is 16.8. The lowest BCUT2D eigenvalue weighted by Crippen LogP contribution is -2.48. The molecule has 0 saturated carbocycles. The van der Waals surface area contributed by atoms with Gasteiger partial charge in [0.2, 0.25) is 0 Å². The number of hydrogen-bond donors (Lipinski definition) is 2. The minimum Gasteiger partial charge on any atom is -0.367 e. The van der Waals surface area contributed by atoms with Gasteiger partial charge in [-0.15, -0.1) is 12.4 Å². The predicted octanol–water partition coefficient (Wildman–Crippen LogP) is 3.08. The minimum atomic E-state index is 0. The number of hydrogen-bond acceptors (Lipinski definition) is 3. The fourth-order valence-corrected chi connectivity index (χ4v) is 2.84. The molecule has 2 aromatic carbocycles. The number of nitrogens with zero attached hydrogens (tertiary/aromatic N) is 1. The maximum atomic E-state index is 12.2. The van der Waals surface area contributed by atoms with Gasteiger partial charge in [-0.1, -0.05) is 30.3 Å². The topological polar surface area (TPSA) is 44.4 Å². The number of carbonyl (C=O) groups is 1. The highest BCUT2D eigenvalue weighted by Gasteiger charge is 2.17. The van der Waals surface area contributed by atoms with E-state index in [1.54, 1.807) is 0 Å². The summed E-state index contributed by atoms with van der Waals surface area (Å²) in [6.45, 7) is 6.71. The van der Waals surface area contributed by atoms with Gasteiger partial charge >= 0.3 is 0 Å². The van der Waals surface area contributed by atoms with Crippen molar-refractivity contribution in [2.24, 2.45) is 5.92 Å². The van der Waals surface area contributed by atoms with Gasteiger partial charge in [-0.2, -0.15) is 0 Å². The summed E-state index contributed by atoms with van der Waals surface area (Å²) in [4.78, 5) is 14.5. The van der Waals surface area contributed by atoms with Crippen LogP contribution in [0.25, 0.3) is 0 Å². The van der Waals surface area contributed by atoms with Gasteiger partial charge in [-0.25, -0.2) is 0 Å². The molecule has 1 heterocycles. The first-order valence-corrected chi connectivity index (χ1v) is 8.64. The molecular weight excluding hydrogens is 334 g/mol. The van der Waals surface area contributed by atoms with Crippen molar-refractivity contribution in [1.29, 1.82) is 0 Å². The van der Waals surface area contributed by atoms with Gasteiger partial charge in [0.25, 0.3) is 5.91 Å². The van der Waals surface area contributed by atoms with Crippen LogP contribution in [0.2, 0.25) is 0 Å². The van der Waals surface area contributed by atoms with Crippen molar-refractivity contribution >= 4 is 24.0 Å². The Morgan fingerprint density at radius 2 is 1.80 bits per heavy atom. The molecule has 1 aliphatic heterocycles. The van der Waals surface area contributed by atoms with Gasteiger partial charge in [0.1, 0.15) is 0 Å². The molecule has 0 spiro atoms. The van der Waals surface area contributed by atoms with Crippen LogP contribution >= 0.6 is 12.4 Å². The van der Waals surface area contributed by atoms with Crippen molar-refractivity contribution in [3.63, 3.8) is 0 Å². The molecule has 2 aromatic rings. The first-order valence-electron chi connectivity index (χ1n) is 8.64. The second-order valence-electron chi connectivity index (χ2n) is 6.28. The number of anilines is 1. The Bertz CT molecular complexity index is 656. The van der Waals surface area contributed by atoms with Gasteiger partial charge in [-0.05, 0) is 36.8 Å². The molecule has 1 aliphatic rings. The Kier molecular flexibility index (Phi) is 7.29. The molecule has 0 atom stereocenters. The van der Waals surface area contributed by atoms with Crippen LogP contribution in [0.15, 0.2) is 54.6 Å². The summed E-state index contributed by atoms with van der Waals surface area (Å²) < 4.78 is 0. The van der Waals surface area contributed by atoms with Crippen molar-refractivity contribution in [3.8, 4) is 0 Å². The molecule has 4 nitrogen and oxygen atoms in total. The molecule has 0 unspecified atom stereocenters. The molecule has 134 valence electrons. The number of carbonyl (C=O) groups excluding carboxylic acids is 1. The van der Waals surface area contributed by atoms with E-state index in [1.165, 1.54) is 5.56 Å². The highest BCUT2D eigenvalue weighted by atomic mass is 35.5. The van der Waals surface area contributed by atoms with E-state index < -0.39 is 0 Å². The number of nitrogens with one attached hydrogen (secondary N) is 2. The normalized spacial score (nSPS) is 13.5. The van der Waals surface area contributed by atoms with Crippen LogP contribution in [0.3, 0.4) is 0 Å². The number of amides is 1. The standard InChI is InChI=1S/C20H25N3O.ClH/c1-2-23(15-16-6-4-3-5-7-16)19-10-8-18(9-11-19)20(24)22-14-17-12-21-13-17;/h3-11,17,21H,2,12-15H2,1H3,(H,22,24);1H. The van der Waals surface area contributed by atoms with Crippen LogP contribution in [-0.4, -0.2) is 32.1 Å². The van der Waals surface area contributed by atoms with Crippen LogP contribution in [0.5, 0.6) is 0 Å². The number of halogens is 1. The molecule has 0 bridgehead atoms. The van der Waals surface area contributed by atoms with Gasteiger partial charge in [-0.3, -0.25) is 4.79 Å². The molecule has 3 rings (SSSR count). The summed E-state index contributed by atoms with van der Waals surface area (Å²) in [7, 11) is 0. The third-order valence-corrected chi connectivity index (χ3v) is 4.51. The fraction of sp³-hybridized carbons (Fsp3) is 0.350. The van der Waals surface area contributed by atoms with E-state index in [0.29, 0.717) is 5.92 Å². The second kappa shape index (κ2) is 9.44. The summed E-state index contributed by atoms with van der Waals surface area (Å²) in [5.41, 5.74) is 3.15. The van der Waals surface area contributed by atoms with Crippen molar-refractivity contribution in [2.45, 2.75) is 13.5 Å². The lowest BCUT2D eigenvalue weighted by molar-refractivity contribution is 0.0942. The summed E-state index contributed by atoms with van der Waals surface area (Å²) in [5, 5.41) is 6.23.